The number of hydrogen-bond acceptors (Lipinski definition) is 6. The van der Waals surface area contributed by atoms with E-state index in [0.717, 1.165) is 28.4 Å². The van der Waals surface area contributed by atoms with Crippen LogP contribution in [0.25, 0.3) is 21.7 Å². The molecule has 0 aliphatic carbocycles. The minimum atomic E-state index is 0.341. The molecule has 0 fully saturated rings. The standard InChI is InChI=1S/C15H20N2.C13H18N4/c1-10(2)12-5-6-13-8-15(17-11(3)4)16-9-14(13)7-12;1-8(2)13-15-6-10-5-12(16-9(3)4)14-7-11(10)17-13/h5-11H,1-4H3,(H,16,17);5-9H,1-4H3,(H,14,16). The van der Waals surface area contributed by atoms with E-state index in [1.165, 1.54) is 16.3 Å². The second-order valence-electron chi connectivity index (χ2n) is 9.94. The van der Waals surface area contributed by atoms with Crippen LogP contribution in [0.1, 0.15) is 78.6 Å². The molecule has 0 aliphatic rings. The fraction of sp³-hybridized carbons (Fsp3) is 0.429. The molecule has 0 spiro atoms. The molecule has 0 atom stereocenters. The van der Waals surface area contributed by atoms with E-state index in [0.29, 0.717) is 23.9 Å². The molecule has 180 valence electrons. The maximum absolute atomic E-state index is 4.49. The highest BCUT2D eigenvalue weighted by Gasteiger charge is 2.06. The number of benzene rings is 1. The summed E-state index contributed by atoms with van der Waals surface area (Å²) in [6.07, 6.45) is 5.62. The van der Waals surface area contributed by atoms with Gasteiger partial charge in [-0.15, -0.1) is 0 Å². The molecule has 3 aromatic heterocycles. The van der Waals surface area contributed by atoms with Gasteiger partial charge in [-0.3, -0.25) is 0 Å². The van der Waals surface area contributed by atoms with E-state index in [-0.39, 0.29) is 0 Å². The van der Waals surface area contributed by atoms with Crippen LogP contribution in [0.15, 0.2) is 48.9 Å². The van der Waals surface area contributed by atoms with E-state index < -0.39 is 0 Å². The number of hydrogen-bond donors (Lipinski definition) is 2. The van der Waals surface area contributed by atoms with Crippen LogP contribution in [0.3, 0.4) is 0 Å². The minimum Gasteiger partial charge on any atom is -0.368 e. The van der Waals surface area contributed by atoms with E-state index in [4.69, 9.17) is 0 Å². The quantitative estimate of drug-likeness (QED) is 0.320. The third-order valence-corrected chi connectivity index (χ3v) is 5.29. The summed E-state index contributed by atoms with van der Waals surface area (Å²) >= 11 is 0. The summed E-state index contributed by atoms with van der Waals surface area (Å²) in [6, 6.07) is 11.5. The third kappa shape index (κ3) is 6.86. The average Bonchev–Trinajstić information content (AvgIpc) is 2.77. The Morgan fingerprint density at radius 3 is 1.76 bits per heavy atom. The molecule has 4 rings (SSSR count). The van der Waals surface area contributed by atoms with Gasteiger partial charge in [-0.25, -0.2) is 19.9 Å². The zero-order valence-corrected chi connectivity index (χ0v) is 21.7. The van der Waals surface area contributed by atoms with Crippen LogP contribution in [0.5, 0.6) is 0 Å². The maximum Gasteiger partial charge on any atom is 0.131 e. The maximum atomic E-state index is 4.49. The molecule has 0 bridgehead atoms. The third-order valence-electron chi connectivity index (χ3n) is 5.29. The van der Waals surface area contributed by atoms with Gasteiger partial charge in [0.25, 0.3) is 0 Å². The van der Waals surface area contributed by atoms with Gasteiger partial charge >= 0.3 is 0 Å². The lowest BCUT2D eigenvalue weighted by atomic mass is 10.0. The molecule has 4 aromatic rings. The first-order valence-corrected chi connectivity index (χ1v) is 12.2. The normalized spacial score (nSPS) is 11.4. The fourth-order valence-corrected chi connectivity index (χ4v) is 3.50. The predicted octanol–water partition coefficient (Wildman–Crippen LogP) is 7.15. The zero-order chi connectivity index (χ0) is 24.8. The van der Waals surface area contributed by atoms with Gasteiger partial charge in [0.15, 0.2) is 0 Å². The summed E-state index contributed by atoms with van der Waals surface area (Å²) in [6.45, 7) is 17.0. The summed E-state index contributed by atoms with van der Waals surface area (Å²) in [5, 5.41) is 10.1. The van der Waals surface area contributed by atoms with Crippen LogP contribution < -0.4 is 10.6 Å². The molecule has 6 heteroatoms. The Kier molecular flexibility index (Phi) is 8.37. The van der Waals surface area contributed by atoms with Crippen LogP contribution in [-0.2, 0) is 0 Å². The van der Waals surface area contributed by atoms with Crippen LogP contribution in [-0.4, -0.2) is 32.0 Å². The molecule has 0 radical (unpaired) electrons. The molecule has 0 unspecified atom stereocenters. The van der Waals surface area contributed by atoms with E-state index in [1.54, 1.807) is 6.20 Å². The smallest absolute Gasteiger partial charge is 0.131 e. The van der Waals surface area contributed by atoms with Crippen LogP contribution in [0.2, 0.25) is 0 Å². The molecule has 6 nitrogen and oxygen atoms in total. The highest BCUT2D eigenvalue weighted by molar-refractivity contribution is 5.84. The van der Waals surface area contributed by atoms with Gasteiger partial charge in [0, 0.05) is 41.2 Å². The number of pyridine rings is 2. The zero-order valence-electron chi connectivity index (χ0n) is 21.7. The SMILES string of the molecule is CC(C)Nc1cc2ccc(C(C)C)cc2cn1.CC(C)Nc1cc2cnc(C(C)C)nc2cn1. The van der Waals surface area contributed by atoms with Crippen LogP contribution >= 0.6 is 0 Å². The first-order valence-electron chi connectivity index (χ1n) is 12.2. The molecule has 0 aliphatic heterocycles. The van der Waals surface area contributed by atoms with Gasteiger partial charge in [-0.05, 0) is 62.8 Å². The average molecular weight is 459 g/mol. The number of rotatable bonds is 6. The van der Waals surface area contributed by atoms with Crippen molar-refractivity contribution in [2.24, 2.45) is 0 Å². The topological polar surface area (TPSA) is 75.6 Å². The number of nitrogens with one attached hydrogen (secondary N) is 2. The molecular formula is C28H38N6. The van der Waals surface area contributed by atoms with Gasteiger partial charge in [0.1, 0.15) is 17.5 Å². The Labute approximate surface area is 203 Å². The molecule has 3 heterocycles. The van der Waals surface area contributed by atoms with Gasteiger partial charge in [0.05, 0.1) is 11.7 Å². The Morgan fingerprint density at radius 2 is 1.18 bits per heavy atom. The van der Waals surface area contributed by atoms with E-state index in [2.05, 4.69) is 110 Å². The second kappa shape index (κ2) is 11.2. The molecule has 0 amide bonds. The summed E-state index contributed by atoms with van der Waals surface area (Å²) < 4.78 is 0. The molecule has 1 aromatic carbocycles. The fourth-order valence-electron chi connectivity index (χ4n) is 3.50. The number of anilines is 2. The molecular weight excluding hydrogens is 420 g/mol. The lowest BCUT2D eigenvalue weighted by Gasteiger charge is -2.11. The van der Waals surface area contributed by atoms with Crippen molar-refractivity contribution in [3.63, 3.8) is 0 Å². The van der Waals surface area contributed by atoms with E-state index in [1.807, 2.05) is 18.5 Å². The number of nitrogens with zero attached hydrogens (tertiary/aromatic N) is 4. The van der Waals surface area contributed by atoms with E-state index >= 15 is 0 Å². The monoisotopic (exact) mass is 458 g/mol. The molecule has 0 saturated heterocycles. The first kappa shape index (κ1) is 25.3. The van der Waals surface area contributed by atoms with Crippen molar-refractivity contribution in [1.29, 1.82) is 0 Å². The molecule has 2 N–H and O–H groups in total. The van der Waals surface area contributed by atoms with Crippen LogP contribution in [0.4, 0.5) is 11.6 Å². The van der Waals surface area contributed by atoms with Gasteiger partial charge in [0.2, 0.25) is 0 Å². The van der Waals surface area contributed by atoms with Crippen molar-refractivity contribution in [3.8, 4) is 0 Å². The lowest BCUT2D eigenvalue weighted by Crippen LogP contribution is -2.10. The second-order valence-corrected chi connectivity index (χ2v) is 9.94. The highest BCUT2D eigenvalue weighted by Crippen LogP contribution is 2.23. The van der Waals surface area contributed by atoms with Gasteiger partial charge < -0.3 is 10.6 Å². The Balaban J connectivity index is 0.000000191. The Hall–Kier alpha value is -3.28. The highest BCUT2D eigenvalue weighted by atomic mass is 15.0. The van der Waals surface area contributed by atoms with Crippen molar-refractivity contribution in [2.45, 2.75) is 79.3 Å². The summed E-state index contributed by atoms with van der Waals surface area (Å²) in [5.41, 5.74) is 2.27. The van der Waals surface area contributed by atoms with Crippen molar-refractivity contribution >= 4 is 33.3 Å². The van der Waals surface area contributed by atoms with Gasteiger partial charge in [-0.1, -0.05) is 39.8 Å². The Bertz CT molecular complexity index is 1130. The minimum absolute atomic E-state index is 0.341. The van der Waals surface area contributed by atoms with Crippen molar-refractivity contribution in [3.05, 3.63) is 60.3 Å². The largest absolute Gasteiger partial charge is 0.368 e. The van der Waals surface area contributed by atoms with Crippen molar-refractivity contribution in [1.82, 2.24) is 19.9 Å². The summed E-state index contributed by atoms with van der Waals surface area (Å²) in [4.78, 5) is 17.6. The molecule has 0 saturated carbocycles. The predicted molar refractivity (Wildman–Crippen MR) is 145 cm³/mol. The molecule has 34 heavy (non-hydrogen) atoms. The number of fused-ring (bicyclic) bond motifs is 2. The lowest BCUT2D eigenvalue weighted by molar-refractivity contribution is 0.782. The summed E-state index contributed by atoms with van der Waals surface area (Å²) in [5.74, 6) is 3.59. The van der Waals surface area contributed by atoms with E-state index in [9.17, 15) is 0 Å². The van der Waals surface area contributed by atoms with Crippen LogP contribution in [0, 0.1) is 0 Å². The number of aromatic nitrogens is 4. The van der Waals surface area contributed by atoms with Crippen molar-refractivity contribution < 1.29 is 0 Å². The summed E-state index contributed by atoms with van der Waals surface area (Å²) in [7, 11) is 0. The van der Waals surface area contributed by atoms with Gasteiger partial charge in [-0.2, -0.15) is 0 Å². The Morgan fingerprint density at radius 1 is 0.588 bits per heavy atom. The van der Waals surface area contributed by atoms with Crippen molar-refractivity contribution in [2.75, 3.05) is 10.6 Å². The first-order chi connectivity index (χ1) is 16.1.